The van der Waals surface area contributed by atoms with E-state index in [-0.39, 0.29) is 12.4 Å². The first-order valence-corrected chi connectivity index (χ1v) is 3.33. The number of allylic oxidation sites excluding steroid dienone is 1. The largest absolute Gasteiger partial charge is 0.335 e. The monoisotopic (exact) mass is 172 g/mol. The van der Waals surface area contributed by atoms with Gasteiger partial charge in [-0.15, -0.1) is 19.0 Å². The summed E-state index contributed by atoms with van der Waals surface area (Å²) in [5, 5.41) is 0. The molecular weight excluding hydrogens is 160 g/mol. The molecule has 62 valence electrons. The van der Waals surface area contributed by atoms with Crippen LogP contribution in [-0.2, 0) is 13.5 Å². The Morgan fingerprint density at radius 3 is 2.73 bits per heavy atom. The molecule has 0 aliphatic carbocycles. The lowest BCUT2D eigenvalue weighted by molar-refractivity contribution is 0.811. The minimum atomic E-state index is 0. The van der Waals surface area contributed by atoms with E-state index < -0.39 is 0 Å². The standard InChI is InChI=1S/C8H12N2.ClH/c1-4-5-8-6-9-7(2)10(8)3;/h4,6H,1,5H2,2-3H3;1H. The fourth-order valence-corrected chi connectivity index (χ4v) is 0.886. The molecule has 1 aromatic rings. The molecule has 0 spiro atoms. The smallest absolute Gasteiger partial charge is 0.105 e. The zero-order valence-electron chi connectivity index (χ0n) is 6.87. The number of nitrogens with zero attached hydrogens (tertiary/aromatic N) is 2. The van der Waals surface area contributed by atoms with Crippen molar-refractivity contribution in [2.45, 2.75) is 13.3 Å². The Bertz CT molecular complexity index is 240. The van der Waals surface area contributed by atoms with Gasteiger partial charge in [0.1, 0.15) is 5.82 Å². The van der Waals surface area contributed by atoms with Gasteiger partial charge in [0.25, 0.3) is 0 Å². The molecule has 3 heteroatoms. The number of rotatable bonds is 2. The van der Waals surface area contributed by atoms with Crippen LogP contribution in [-0.4, -0.2) is 9.55 Å². The van der Waals surface area contributed by atoms with Crippen LogP contribution in [0.25, 0.3) is 0 Å². The van der Waals surface area contributed by atoms with E-state index >= 15 is 0 Å². The van der Waals surface area contributed by atoms with Crippen LogP contribution in [0.1, 0.15) is 11.5 Å². The number of hydrogen-bond donors (Lipinski definition) is 0. The van der Waals surface area contributed by atoms with Crippen LogP contribution in [0.2, 0.25) is 0 Å². The molecule has 0 atom stereocenters. The summed E-state index contributed by atoms with van der Waals surface area (Å²) in [6.45, 7) is 5.66. The van der Waals surface area contributed by atoms with Gasteiger partial charge >= 0.3 is 0 Å². The summed E-state index contributed by atoms with van der Waals surface area (Å²) in [7, 11) is 2.02. The van der Waals surface area contributed by atoms with Gasteiger partial charge in [0, 0.05) is 25.4 Å². The molecule has 0 aromatic carbocycles. The maximum atomic E-state index is 4.15. The second-order valence-corrected chi connectivity index (χ2v) is 2.35. The first-order chi connectivity index (χ1) is 4.75. The Hall–Kier alpha value is -0.760. The third kappa shape index (κ3) is 2.09. The van der Waals surface area contributed by atoms with Crippen molar-refractivity contribution in [3.8, 4) is 0 Å². The number of imidazole rings is 1. The Kier molecular flexibility index (Phi) is 3.90. The van der Waals surface area contributed by atoms with E-state index in [2.05, 4.69) is 16.1 Å². The first kappa shape index (κ1) is 10.2. The predicted molar refractivity (Wildman–Crippen MR) is 49.1 cm³/mol. The Balaban J connectivity index is 0.000001000. The second-order valence-electron chi connectivity index (χ2n) is 2.35. The minimum Gasteiger partial charge on any atom is -0.335 e. The molecule has 2 nitrogen and oxygen atoms in total. The SMILES string of the molecule is C=CCc1cnc(C)n1C.Cl. The molecule has 1 aromatic heterocycles. The zero-order valence-corrected chi connectivity index (χ0v) is 7.69. The number of aromatic nitrogens is 2. The quantitative estimate of drug-likeness (QED) is 0.623. The van der Waals surface area contributed by atoms with Crippen molar-refractivity contribution in [3.63, 3.8) is 0 Å². The average molecular weight is 173 g/mol. The average Bonchev–Trinajstić information content (AvgIpc) is 2.20. The number of aryl methyl sites for hydroxylation is 1. The summed E-state index contributed by atoms with van der Waals surface area (Å²) in [4.78, 5) is 4.15. The van der Waals surface area contributed by atoms with E-state index in [4.69, 9.17) is 0 Å². The molecule has 0 amide bonds. The molecule has 0 saturated heterocycles. The molecule has 0 saturated carbocycles. The molecule has 1 rings (SSSR count). The van der Waals surface area contributed by atoms with E-state index in [1.54, 1.807) is 0 Å². The van der Waals surface area contributed by atoms with Crippen molar-refractivity contribution < 1.29 is 0 Å². The van der Waals surface area contributed by atoms with Crippen molar-refractivity contribution in [1.29, 1.82) is 0 Å². The lowest BCUT2D eigenvalue weighted by atomic mass is 10.3. The number of halogens is 1. The Labute approximate surface area is 73.4 Å². The molecule has 0 unspecified atom stereocenters. The predicted octanol–water partition coefficient (Wildman–Crippen LogP) is 1.88. The molecule has 0 N–H and O–H groups in total. The molecule has 0 aliphatic heterocycles. The highest BCUT2D eigenvalue weighted by molar-refractivity contribution is 5.85. The first-order valence-electron chi connectivity index (χ1n) is 3.33. The van der Waals surface area contributed by atoms with Gasteiger partial charge in [0.05, 0.1) is 0 Å². The van der Waals surface area contributed by atoms with Gasteiger partial charge < -0.3 is 4.57 Å². The summed E-state index contributed by atoms with van der Waals surface area (Å²) < 4.78 is 2.07. The maximum absolute atomic E-state index is 4.15. The van der Waals surface area contributed by atoms with Crippen molar-refractivity contribution in [1.82, 2.24) is 9.55 Å². The third-order valence-electron chi connectivity index (χ3n) is 1.67. The summed E-state index contributed by atoms with van der Waals surface area (Å²) >= 11 is 0. The third-order valence-corrected chi connectivity index (χ3v) is 1.67. The van der Waals surface area contributed by atoms with Crippen LogP contribution < -0.4 is 0 Å². The van der Waals surface area contributed by atoms with Crippen LogP contribution in [0.3, 0.4) is 0 Å². The summed E-state index contributed by atoms with van der Waals surface area (Å²) in [6, 6.07) is 0. The highest BCUT2D eigenvalue weighted by Gasteiger charge is 1.97. The fourth-order valence-electron chi connectivity index (χ4n) is 0.886. The Morgan fingerprint density at radius 2 is 2.36 bits per heavy atom. The van der Waals surface area contributed by atoms with Crippen LogP contribution >= 0.6 is 12.4 Å². The second kappa shape index (κ2) is 4.19. The molecule has 0 fully saturated rings. The summed E-state index contributed by atoms with van der Waals surface area (Å²) in [5.74, 6) is 1.05. The lowest BCUT2D eigenvalue weighted by Crippen LogP contribution is -1.96. The van der Waals surface area contributed by atoms with Gasteiger partial charge in [-0.3, -0.25) is 0 Å². The van der Waals surface area contributed by atoms with E-state index in [1.807, 2.05) is 26.2 Å². The van der Waals surface area contributed by atoms with Gasteiger partial charge in [-0.05, 0) is 6.92 Å². The van der Waals surface area contributed by atoms with Crippen molar-refractivity contribution in [2.75, 3.05) is 0 Å². The summed E-state index contributed by atoms with van der Waals surface area (Å²) in [5.41, 5.74) is 1.22. The maximum Gasteiger partial charge on any atom is 0.105 e. The van der Waals surface area contributed by atoms with Crippen molar-refractivity contribution >= 4 is 12.4 Å². The van der Waals surface area contributed by atoms with Crippen LogP contribution in [0.15, 0.2) is 18.9 Å². The number of hydrogen-bond acceptors (Lipinski definition) is 1. The lowest BCUT2D eigenvalue weighted by Gasteiger charge is -1.98. The van der Waals surface area contributed by atoms with E-state index in [0.29, 0.717) is 0 Å². The molecule has 0 aliphatic rings. The van der Waals surface area contributed by atoms with Crippen molar-refractivity contribution in [3.05, 3.63) is 30.4 Å². The van der Waals surface area contributed by atoms with E-state index in [0.717, 1.165) is 12.2 Å². The van der Waals surface area contributed by atoms with Gasteiger partial charge in [-0.2, -0.15) is 0 Å². The van der Waals surface area contributed by atoms with Gasteiger partial charge in [0.15, 0.2) is 0 Å². The van der Waals surface area contributed by atoms with E-state index in [1.165, 1.54) is 5.69 Å². The highest BCUT2D eigenvalue weighted by atomic mass is 35.5. The van der Waals surface area contributed by atoms with Crippen LogP contribution in [0.5, 0.6) is 0 Å². The summed E-state index contributed by atoms with van der Waals surface area (Å²) in [6.07, 6.45) is 4.67. The van der Waals surface area contributed by atoms with Crippen molar-refractivity contribution in [2.24, 2.45) is 7.05 Å². The molecule has 11 heavy (non-hydrogen) atoms. The van der Waals surface area contributed by atoms with Crippen LogP contribution in [0, 0.1) is 6.92 Å². The van der Waals surface area contributed by atoms with Gasteiger partial charge in [-0.25, -0.2) is 4.98 Å². The molecule has 0 bridgehead atoms. The van der Waals surface area contributed by atoms with Gasteiger partial charge in [0.2, 0.25) is 0 Å². The molecular formula is C8H13ClN2. The van der Waals surface area contributed by atoms with Crippen LogP contribution in [0.4, 0.5) is 0 Å². The van der Waals surface area contributed by atoms with E-state index in [9.17, 15) is 0 Å². The fraction of sp³-hybridized carbons (Fsp3) is 0.375. The Morgan fingerprint density at radius 1 is 1.73 bits per heavy atom. The topological polar surface area (TPSA) is 17.8 Å². The highest BCUT2D eigenvalue weighted by Crippen LogP contribution is 2.01. The minimum absolute atomic E-state index is 0. The molecule has 0 radical (unpaired) electrons. The zero-order chi connectivity index (χ0) is 7.56. The van der Waals surface area contributed by atoms with Gasteiger partial charge in [-0.1, -0.05) is 6.08 Å². The molecule has 1 heterocycles. The normalized spacial score (nSPS) is 8.91.